The summed E-state index contributed by atoms with van der Waals surface area (Å²) in [5.41, 5.74) is 0.967. The van der Waals surface area contributed by atoms with Crippen molar-refractivity contribution in [1.82, 2.24) is 9.88 Å². The van der Waals surface area contributed by atoms with Gasteiger partial charge in [-0.15, -0.1) is 0 Å². The molecule has 0 saturated carbocycles. The van der Waals surface area contributed by atoms with E-state index in [4.69, 9.17) is 4.74 Å². The number of H-pyrrole nitrogens is 1. The smallest absolute Gasteiger partial charge is 0.410 e. The standard InChI is InChI=1S/C13H16N2O2/c1-3-15(4-2)13(16)17-11-6-5-10-7-8-14-12(10)9-11/h5-9,14H,3-4H2,1-2H3. The Kier molecular flexibility index (Phi) is 3.32. The third kappa shape index (κ3) is 2.41. The molecule has 90 valence electrons. The van der Waals surface area contributed by atoms with Gasteiger partial charge in [0.25, 0.3) is 0 Å². The number of carbonyl (C=O) groups is 1. The van der Waals surface area contributed by atoms with Gasteiger partial charge in [0.05, 0.1) is 0 Å². The monoisotopic (exact) mass is 232 g/mol. The lowest BCUT2D eigenvalue weighted by molar-refractivity contribution is 0.157. The van der Waals surface area contributed by atoms with E-state index < -0.39 is 0 Å². The van der Waals surface area contributed by atoms with E-state index >= 15 is 0 Å². The van der Waals surface area contributed by atoms with E-state index in [2.05, 4.69) is 4.98 Å². The summed E-state index contributed by atoms with van der Waals surface area (Å²) in [4.78, 5) is 16.5. The number of carbonyl (C=O) groups excluding carboxylic acids is 1. The molecule has 2 rings (SSSR count). The molecule has 1 heterocycles. The van der Waals surface area contributed by atoms with E-state index in [9.17, 15) is 4.79 Å². The maximum atomic E-state index is 11.7. The van der Waals surface area contributed by atoms with Crippen molar-refractivity contribution in [3.63, 3.8) is 0 Å². The highest BCUT2D eigenvalue weighted by molar-refractivity contribution is 5.81. The Bertz CT molecular complexity index is 515. The zero-order chi connectivity index (χ0) is 12.3. The Balaban J connectivity index is 2.14. The van der Waals surface area contributed by atoms with Crippen LogP contribution in [0, 0.1) is 0 Å². The minimum absolute atomic E-state index is 0.305. The Morgan fingerprint density at radius 3 is 2.76 bits per heavy atom. The molecule has 0 bridgehead atoms. The SMILES string of the molecule is CCN(CC)C(=O)Oc1ccc2cc[nH]c2c1. The van der Waals surface area contributed by atoms with Gasteiger partial charge in [0, 0.05) is 30.9 Å². The summed E-state index contributed by atoms with van der Waals surface area (Å²) in [5.74, 6) is 0.567. The molecule has 1 N–H and O–H groups in total. The second kappa shape index (κ2) is 4.91. The normalized spacial score (nSPS) is 10.5. The summed E-state index contributed by atoms with van der Waals surface area (Å²) >= 11 is 0. The molecule has 17 heavy (non-hydrogen) atoms. The quantitative estimate of drug-likeness (QED) is 0.884. The van der Waals surface area contributed by atoms with Gasteiger partial charge in [-0.3, -0.25) is 0 Å². The van der Waals surface area contributed by atoms with Gasteiger partial charge in [-0.25, -0.2) is 4.79 Å². The fraction of sp³-hybridized carbons (Fsp3) is 0.308. The van der Waals surface area contributed by atoms with Crippen LogP contribution in [0.25, 0.3) is 10.9 Å². The predicted molar refractivity (Wildman–Crippen MR) is 67.2 cm³/mol. The Morgan fingerprint density at radius 2 is 2.06 bits per heavy atom. The summed E-state index contributed by atoms with van der Waals surface area (Å²) in [6.07, 6.45) is 1.56. The van der Waals surface area contributed by atoms with E-state index in [1.165, 1.54) is 0 Å². The third-order valence-electron chi connectivity index (χ3n) is 2.75. The van der Waals surface area contributed by atoms with Crippen LogP contribution in [0.4, 0.5) is 4.79 Å². The fourth-order valence-corrected chi connectivity index (χ4v) is 1.74. The lowest BCUT2D eigenvalue weighted by Crippen LogP contribution is -2.33. The highest BCUT2D eigenvalue weighted by atomic mass is 16.6. The van der Waals surface area contributed by atoms with Crippen molar-refractivity contribution >= 4 is 17.0 Å². The zero-order valence-corrected chi connectivity index (χ0v) is 10.1. The van der Waals surface area contributed by atoms with Gasteiger partial charge in [0.15, 0.2) is 0 Å². The summed E-state index contributed by atoms with van der Waals surface area (Å²) in [7, 11) is 0. The van der Waals surface area contributed by atoms with Crippen molar-refractivity contribution in [2.45, 2.75) is 13.8 Å². The molecule has 0 radical (unpaired) electrons. The molecule has 0 aliphatic carbocycles. The second-order valence-electron chi connectivity index (χ2n) is 3.77. The van der Waals surface area contributed by atoms with Crippen molar-refractivity contribution in [2.75, 3.05) is 13.1 Å². The number of ether oxygens (including phenoxy) is 1. The van der Waals surface area contributed by atoms with Gasteiger partial charge < -0.3 is 14.6 Å². The first-order valence-electron chi connectivity index (χ1n) is 5.78. The van der Waals surface area contributed by atoms with Crippen LogP contribution < -0.4 is 4.74 Å². The molecule has 4 nitrogen and oxygen atoms in total. The summed E-state index contributed by atoms with van der Waals surface area (Å²) < 4.78 is 5.30. The van der Waals surface area contributed by atoms with E-state index in [0.717, 1.165) is 10.9 Å². The lowest BCUT2D eigenvalue weighted by Gasteiger charge is -2.17. The summed E-state index contributed by atoms with van der Waals surface area (Å²) in [6, 6.07) is 7.54. The van der Waals surface area contributed by atoms with Crippen molar-refractivity contribution in [3.05, 3.63) is 30.5 Å². The molecular formula is C13H16N2O2. The van der Waals surface area contributed by atoms with Crippen molar-refractivity contribution in [2.24, 2.45) is 0 Å². The van der Waals surface area contributed by atoms with Crippen LogP contribution in [-0.4, -0.2) is 29.1 Å². The molecule has 2 aromatic rings. The minimum atomic E-state index is -0.305. The lowest BCUT2D eigenvalue weighted by atomic mass is 10.2. The number of benzene rings is 1. The molecule has 4 heteroatoms. The Hall–Kier alpha value is -1.97. The molecule has 1 aromatic heterocycles. The maximum Gasteiger partial charge on any atom is 0.415 e. The van der Waals surface area contributed by atoms with E-state index in [1.807, 2.05) is 38.2 Å². The van der Waals surface area contributed by atoms with Crippen LogP contribution in [-0.2, 0) is 0 Å². The van der Waals surface area contributed by atoms with Crippen LogP contribution in [0.1, 0.15) is 13.8 Å². The number of nitrogens with zero attached hydrogens (tertiary/aromatic N) is 1. The van der Waals surface area contributed by atoms with Gasteiger partial charge in [-0.1, -0.05) is 0 Å². The van der Waals surface area contributed by atoms with E-state index in [-0.39, 0.29) is 6.09 Å². The average Bonchev–Trinajstić information content (AvgIpc) is 2.77. The van der Waals surface area contributed by atoms with Gasteiger partial charge in [0.2, 0.25) is 0 Å². The number of nitrogens with one attached hydrogen (secondary N) is 1. The van der Waals surface area contributed by atoms with E-state index in [1.54, 1.807) is 11.0 Å². The molecule has 1 amide bonds. The molecule has 0 aliphatic rings. The zero-order valence-electron chi connectivity index (χ0n) is 10.1. The molecule has 0 saturated heterocycles. The van der Waals surface area contributed by atoms with Crippen LogP contribution in [0.15, 0.2) is 30.5 Å². The number of aromatic nitrogens is 1. The average molecular weight is 232 g/mol. The number of amides is 1. The first kappa shape index (κ1) is 11.5. The van der Waals surface area contributed by atoms with Crippen LogP contribution in [0.5, 0.6) is 5.75 Å². The number of aromatic amines is 1. The van der Waals surface area contributed by atoms with Gasteiger partial charge in [-0.2, -0.15) is 0 Å². The third-order valence-corrected chi connectivity index (χ3v) is 2.75. The molecule has 1 aromatic carbocycles. The summed E-state index contributed by atoms with van der Waals surface area (Å²) in [5, 5.41) is 1.10. The van der Waals surface area contributed by atoms with Crippen LogP contribution >= 0.6 is 0 Å². The topological polar surface area (TPSA) is 45.3 Å². The second-order valence-corrected chi connectivity index (χ2v) is 3.77. The van der Waals surface area contributed by atoms with Gasteiger partial charge >= 0.3 is 6.09 Å². The molecule has 0 aliphatic heterocycles. The molecule has 0 unspecified atom stereocenters. The largest absolute Gasteiger partial charge is 0.415 e. The first-order chi connectivity index (χ1) is 8.24. The predicted octanol–water partition coefficient (Wildman–Crippen LogP) is 3.01. The highest BCUT2D eigenvalue weighted by Gasteiger charge is 2.11. The van der Waals surface area contributed by atoms with Crippen molar-refractivity contribution < 1.29 is 9.53 Å². The highest BCUT2D eigenvalue weighted by Crippen LogP contribution is 2.19. The molecule has 0 fully saturated rings. The van der Waals surface area contributed by atoms with Gasteiger partial charge in [0.1, 0.15) is 5.75 Å². The fourth-order valence-electron chi connectivity index (χ4n) is 1.74. The van der Waals surface area contributed by atoms with Gasteiger partial charge in [-0.05, 0) is 37.4 Å². The Labute approximate surface area is 100 Å². The van der Waals surface area contributed by atoms with Crippen molar-refractivity contribution in [1.29, 1.82) is 0 Å². The minimum Gasteiger partial charge on any atom is -0.410 e. The first-order valence-corrected chi connectivity index (χ1v) is 5.78. The number of hydrogen-bond donors (Lipinski definition) is 1. The molecule has 0 atom stereocenters. The summed E-state index contributed by atoms with van der Waals surface area (Å²) in [6.45, 7) is 5.16. The van der Waals surface area contributed by atoms with E-state index in [0.29, 0.717) is 18.8 Å². The van der Waals surface area contributed by atoms with Crippen LogP contribution in [0.3, 0.4) is 0 Å². The van der Waals surface area contributed by atoms with Crippen LogP contribution in [0.2, 0.25) is 0 Å². The number of fused-ring (bicyclic) bond motifs is 1. The molecule has 0 spiro atoms. The Morgan fingerprint density at radius 1 is 1.29 bits per heavy atom. The number of rotatable bonds is 3. The number of hydrogen-bond acceptors (Lipinski definition) is 2. The molecular weight excluding hydrogens is 216 g/mol. The van der Waals surface area contributed by atoms with Crippen molar-refractivity contribution in [3.8, 4) is 5.75 Å². The maximum absolute atomic E-state index is 11.7.